The SMILES string of the molecule is CCCN(CCC)CC1Cc2cc(O)ccc2S1. The van der Waals surface area contributed by atoms with E-state index >= 15 is 0 Å². The molecule has 0 saturated carbocycles. The molecule has 100 valence electrons. The number of thioether (sulfide) groups is 1. The summed E-state index contributed by atoms with van der Waals surface area (Å²) in [4.78, 5) is 3.93. The van der Waals surface area contributed by atoms with Crippen molar-refractivity contribution >= 4 is 11.8 Å². The minimum Gasteiger partial charge on any atom is -0.508 e. The molecular formula is C15H23NOS. The van der Waals surface area contributed by atoms with E-state index in [9.17, 15) is 5.11 Å². The van der Waals surface area contributed by atoms with Crippen molar-refractivity contribution in [2.45, 2.75) is 43.3 Å². The van der Waals surface area contributed by atoms with Gasteiger partial charge >= 0.3 is 0 Å². The van der Waals surface area contributed by atoms with Crippen LogP contribution in [0.25, 0.3) is 0 Å². The van der Waals surface area contributed by atoms with Gasteiger partial charge in [-0.25, -0.2) is 0 Å². The van der Waals surface area contributed by atoms with Gasteiger partial charge in [0.25, 0.3) is 0 Å². The van der Waals surface area contributed by atoms with Crippen LogP contribution in [0.15, 0.2) is 23.1 Å². The number of hydrogen-bond donors (Lipinski definition) is 1. The third-order valence-corrected chi connectivity index (χ3v) is 4.63. The Balaban J connectivity index is 1.93. The van der Waals surface area contributed by atoms with Crippen LogP contribution in [0.3, 0.4) is 0 Å². The summed E-state index contributed by atoms with van der Waals surface area (Å²) in [7, 11) is 0. The van der Waals surface area contributed by atoms with Crippen molar-refractivity contribution < 1.29 is 5.11 Å². The van der Waals surface area contributed by atoms with Gasteiger partial charge in [0, 0.05) is 16.7 Å². The zero-order valence-electron chi connectivity index (χ0n) is 11.4. The Morgan fingerprint density at radius 3 is 2.67 bits per heavy atom. The quantitative estimate of drug-likeness (QED) is 0.851. The maximum atomic E-state index is 9.51. The zero-order valence-corrected chi connectivity index (χ0v) is 12.2. The van der Waals surface area contributed by atoms with Gasteiger partial charge in [0.15, 0.2) is 0 Å². The van der Waals surface area contributed by atoms with Gasteiger partial charge in [0.1, 0.15) is 5.75 Å². The molecule has 2 nitrogen and oxygen atoms in total. The smallest absolute Gasteiger partial charge is 0.115 e. The minimum absolute atomic E-state index is 0.397. The van der Waals surface area contributed by atoms with Crippen LogP contribution in [0, 0.1) is 0 Å². The molecule has 1 aliphatic heterocycles. The number of nitrogens with zero attached hydrogens (tertiary/aromatic N) is 1. The lowest BCUT2D eigenvalue weighted by atomic mass is 10.1. The van der Waals surface area contributed by atoms with Crippen molar-refractivity contribution in [1.29, 1.82) is 0 Å². The van der Waals surface area contributed by atoms with Gasteiger partial charge in [-0.2, -0.15) is 0 Å². The molecule has 18 heavy (non-hydrogen) atoms. The van der Waals surface area contributed by atoms with Crippen LogP contribution >= 0.6 is 11.8 Å². The Labute approximate surface area is 114 Å². The van der Waals surface area contributed by atoms with Gasteiger partial charge in [0.2, 0.25) is 0 Å². The molecule has 2 rings (SSSR count). The van der Waals surface area contributed by atoms with Crippen LogP contribution in [0.4, 0.5) is 0 Å². The van der Waals surface area contributed by atoms with Crippen LogP contribution in [0.1, 0.15) is 32.3 Å². The Hall–Kier alpha value is -0.670. The van der Waals surface area contributed by atoms with Crippen molar-refractivity contribution in [1.82, 2.24) is 4.90 Å². The van der Waals surface area contributed by atoms with E-state index in [0.29, 0.717) is 11.0 Å². The van der Waals surface area contributed by atoms with Crippen molar-refractivity contribution in [2.75, 3.05) is 19.6 Å². The number of rotatable bonds is 6. The van der Waals surface area contributed by atoms with E-state index in [1.807, 2.05) is 17.8 Å². The standard InChI is InChI=1S/C15H23NOS/c1-3-7-16(8-4-2)11-14-10-12-9-13(17)5-6-15(12)18-14/h5-6,9,14,17H,3-4,7-8,10-11H2,1-2H3. The molecule has 0 spiro atoms. The van der Waals surface area contributed by atoms with Gasteiger partial charge in [-0.15, -0.1) is 11.8 Å². The molecule has 0 aromatic heterocycles. The summed E-state index contributed by atoms with van der Waals surface area (Å²) in [6.07, 6.45) is 3.55. The lowest BCUT2D eigenvalue weighted by molar-refractivity contribution is 0.275. The topological polar surface area (TPSA) is 23.5 Å². The Morgan fingerprint density at radius 2 is 2.00 bits per heavy atom. The highest BCUT2D eigenvalue weighted by Crippen LogP contribution is 2.38. The molecule has 1 aromatic carbocycles. The first-order chi connectivity index (χ1) is 8.72. The fourth-order valence-corrected chi connectivity index (χ4v) is 3.97. The summed E-state index contributed by atoms with van der Waals surface area (Å²) in [5, 5.41) is 10.2. The van der Waals surface area contributed by atoms with E-state index in [4.69, 9.17) is 0 Å². The molecule has 0 bridgehead atoms. The first-order valence-electron chi connectivity index (χ1n) is 6.93. The molecule has 1 aromatic rings. The summed E-state index contributed by atoms with van der Waals surface area (Å²) in [6.45, 7) is 8.06. The van der Waals surface area contributed by atoms with Gasteiger partial charge in [-0.1, -0.05) is 13.8 Å². The highest BCUT2D eigenvalue weighted by molar-refractivity contribution is 8.00. The van der Waals surface area contributed by atoms with Gasteiger partial charge < -0.3 is 10.0 Å². The summed E-state index contributed by atoms with van der Waals surface area (Å²) >= 11 is 1.97. The van der Waals surface area contributed by atoms with E-state index in [1.54, 1.807) is 6.07 Å². The van der Waals surface area contributed by atoms with Gasteiger partial charge in [-0.3, -0.25) is 0 Å². The highest BCUT2D eigenvalue weighted by Gasteiger charge is 2.24. The second-order valence-corrected chi connectivity index (χ2v) is 6.38. The summed E-state index contributed by atoms with van der Waals surface area (Å²) < 4.78 is 0. The van der Waals surface area contributed by atoms with E-state index in [2.05, 4.69) is 24.8 Å². The normalized spacial score (nSPS) is 18.3. The van der Waals surface area contributed by atoms with E-state index < -0.39 is 0 Å². The Kier molecular flexibility index (Phi) is 4.95. The lowest BCUT2D eigenvalue weighted by Crippen LogP contribution is -2.32. The highest BCUT2D eigenvalue weighted by atomic mass is 32.2. The van der Waals surface area contributed by atoms with Crippen LogP contribution in [-0.4, -0.2) is 34.9 Å². The minimum atomic E-state index is 0.397. The number of aromatic hydroxyl groups is 1. The molecule has 1 heterocycles. The number of phenolic OH excluding ortho intramolecular Hbond substituents is 1. The average molecular weight is 265 g/mol. The number of hydrogen-bond acceptors (Lipinski definition) is 3. The summed E-state index contributed by atoms with van der Waals surface area (Å²) in [5.74, 6) is 0.397. The van der Waals surface area contributed by atoms with E-state index in [0.717, 1.165) is 6.42 Å². The third kappa shape index (κ3) is 3.42. The van der Waals surface area contributed by atoms with Crippen molar-refractivity contribution in [3.05, 3.63) is 23.8 Å². The van der Waals surface area contributed by atoms with Crippen molar-refractivity contribution in [3.8, 4) is 5.75 Å². The molecule has 0 fully saturated rings. The molecule has 0 saturated heterocycles. The molecule has 3 heteroatoms. The second-order valence-electron chi connectivity index (χ2n) is 5.04. The second kappa shape index (κ2) is 6.48. The molecule has 0 amide bonds. The maximum Gasteiger partial charge on any atom is 0.115 e. The van der Waals surface area contributed by atoms with Crippen LogP contribution in [0.2, 0.25) is 0 Å². The summed E-state index contributed by atoms with van der Waals surface area (Å²) in [5.41, 5.74) is 1.32. The molecular weight excluding hydrogens is 242 g/mol. The van der Waals surface area contributed by atoms with E-state index in [1.165, 1.54) is 42.9 Å². The van der Waals surface area contributed by atoms with Crippen molar-refractivity contribution in [2.24, 2.45) is 0 Å². The van der Waals surface area contributed by atoms with Gasteiger partial charge in [0.05, 0.1) is 0 Å². The monoisotopic (exact) mass is 265 g/mol. The van der Waals surface area contributed by atoms with Crippen LogP contribution in [-0.2, 0) is 6.42 Å². The third-order valence-electron chi connectivity index (χ3n) is 3.33. The first kappa shape index (κ1) is 13.8. The van der Waals surface area contributed by atoms with E-state index in [-0.39, 0.29) is 0 Å². The zero-order chi connectivity index (χ0) is 13.0. The largest absolute Gasteiger partial charge is 0.508 e. The fourth-order valence-electron chi connectivity index (χ4n) is 2.62. The average Bonchev–Trinajstić information content (AvgIpc) is 2.71. The van der Waals surface area contributed by atoms with Crippen LogP contribution < -0.4 is 0 Å². The lowest BCUT2D eigenvalue weighted by Gasteiger charge is -2.23. The van der Waals surface area contributed by atoms with Crippen LogP contribution in [0.5, 0.6) is 5.75 Å². The molecule has 1 aliphatic rings. The number of fused-ring (bicyclic) bond motifs is 1. The molecule has 1 N–H and O–H groups in total. The Morgan fingerprint density at radius 1 is 1.28 bits per heavy atom. The number of phenols is 1. The Bertz CT molecular complexity index is 388. The molecule has 1 unspecified atom stereocenters. The summed E-state index contributed by atoms with van der Waals surface area (Å²) in [6, 6.07) is 5.77. The first-order valence-corrected chi connectivity index (χ1v) is 7.81. The van der Waals surface area contributed by atoms with Gasteiger partial charge in [-0.05, 0) is 56.1 Å². The molecule has 1 atom stereocenters. The van der Waals surface area contributed by atoms with Crippen molar-refractivity contribution in [3.63, 3.8) is 0 Å². The predicted molar refractivity (Wildman–Crippen MR) is 78.5 cm³/mol. The number of benzene rings is 1. The predicted octanol–water partition coefficient (Wildman–Crippen LogP) is 3.53. The molecule has 0 radical (unpaired) electrons. The maximum absolute atomic E-state index is 9.51. The fraction of sp³-hybridized carbons (Fsp3) is 0.600. The molecule has 0 aliphatic carbocycles.